The molecule has 0 amide bonds. The van der Waals surface area contributed by atoms with Gasteiger partial charge in [0.15, 0.2) is 5.65 Å². The maximum Gasteiger partial charge on any atom is 0.160 e. The highest BCUT2D eigenvalue weighted by Gasteiger charge is 2.18. The summed E-state index contributed by atoms with van der Waals surface area (Å²) in [5.41, 5.74) is 4.34. The minimum absolute atomic E-state index is 0.840. The largest absolute Gasteiger partial charge is 0.344 e. The molecule has 0 saturated carbocycles. The molecule has 3 nitrogen and oxygen atoms in total. The minimum Gasteiger partial charge on any atom is -0.344 e. The van der Waals surface area contributed by atoms with E-state index in [4.69, 9.17) is 0 Å². The zero-order valence-electron chi connectivity index (χ0n) is 8.59. The maximum absolute atomic E-state index is 4.53. The molecule has 4 rings (SSSR count). The number of fused-ring (bicyclic) bond motifs is 5. The van der Waals surface area contributed by atoms with Crippen molar-refractivity contribution in [2.45, 2.75) is 6.54 Å². The van der Waals surface area contributed by atoms with Crippen molar-refractivity contribution in [2.24, 2.45) is 0 Å². The standard InChI is InChI=1S/C13H9N3/c1-3-9-12-10(15-13(9)14-6-1)5-8-16-7-2-4-11(12)16/h1-6,8H,7H2. The SMILES string of the molecule is C1=Cc2c3c4cccnc4nc-3ccn2C1. The summed E-state index contributed by atoms with van der Waals surface area (Å²) < 4.78 is 2.23. The molecule has 0 bridgehead atoms. The fraction of sp³-hybridized carbons (Fsp3) is 0.0769. The van der Waals surface area contributed by atoms with Gasteiger partial charge >= 0.3 is 0 Å². The van der Waals surface area contributed by atoms with Gasteiger partial charge in [0.2, 0.25) is 0 Å². The topological polar surface area (TPSA) is 30.7 Å². The molecule has 3 heteroatoms. The second-order valence-corrected chi connectivity index (χ2v) is 4.00. The van der Waals surface area contributed by atoms with E-state index in [0.717, 1.165) is 23.3 Å². The summed E-state index contributed by atoms with van der Waals surface area (Å²) in [5.74, 6) is 0. The monoisotopic (exact) mass is 207 g/mol. The first-order valence-corrected chi connectivity index (χ1v) is 5.33. The molecule has 3 aliphatic heterocycles. The molecule has 0 aliphatic carbocycles. The van der Waals surface area contributed by atoms with Gasteiger partial charge in [0.1, 0.15) is 0 Å². The van der Waals surface area contributed by atoms with Crippen LogP contribution in [-0.4, -0.2) is 14.5 Å². The van der Waals surface area contributed by atoms with Crippen LogP contribution in [0.5, 0.6) is 0 Å². The Labute approximate surface area is 92.4 Å². The van der Waals surface area contributed by atoms with E-state index >= 15 is 0 Å². The summed E-state index contributed by atoms with van der Waals surface area (Å²) in [6.45, 7) is 0.957. The van der Waals surface area contributed by atoms with Gasteiger partial charge in [-0.05, 0) is 24.3 Å². The molecule has 0 spiro atoms. The van der Waals surface area contributed by atoms with Crippen molar-refractivity contribution < 1.29 is 0 Å². The van der Waals surface area contributed by atoms with Gasteiger partial charge < -0.3 is 4.57 Å². The Hall–Kier alpha value is -2.16. The maximum atomic E-state index is 4.53. The molecular formula is C13H9N3. The molecule has 0 aromatic carbocycles. The summed E-state index contributed by atoms with van der Waals surface area (Å²) in [4.78, 5) is 8.83. The Morgan fingerprint density at radius 2 is 2.25 bits per heavy atom. The highest BCUT2D eigenvalue weighted by molar-refractivity contribution is 5.98. The van der Waals surface area contributed by atoms with Crippen molar-refractivity contribution in [3.05, 3.63) is 42.4 Å². The Kier molecular flexibility index (Phi) is 1.36. The number of nitrogens with zero attached hydrogens (tertiary/aromatic N) is 3. The second kappa shape index (κ2) is 2.70. The van der Waals surface area contributed by atoms with Crippen LogP contribution in [0.25, 0.3) is 28.4 Å². The molecule has 76 valence electrons. The Morgan fingerprint density at radius 1 is 1.25 bits per heavy atom. The van der Waals surface area contributed by atoms with Gasteiger partial charge in [-0.2, -0.15) is 0 Å². The Bertz CT molecular complexity index is 694. The van der Waals surface area contributed by atoms with Crippen molar-refractivity contribution in [1.29, 1.82) is 0 Å². The molecule has 0 atom stereocenters. The van der Waals surface area contributed by atoms with Gasteiger partial charge in [0, 0.05) is 29.9 Å². The summed E-state index contributed by atoms with van der Waals surface area (Å²) in [6, 6.07) is 6.12. The molecule has 0 radical (unpaired) electrons. The van der Waals surface area contributed by atoms with Crippen molar-refractivity contribution in [3.8, 4) is 11.3 Å². The van der Waals surface area contributed by atoms with E-state index in [1.54, 1.807) is 6.20 Å². The summed E-state index contributed by atoms with van der Waals surface area (Å²) in [7, 11) is 0. The van der Waals surface area contributed by atoms with Crippen molar-refractivity contribution in [1.82, 2.24) is 14.5 Å². The predicted octanol–water partition coefficient (Wildman–Crippen LogP) is 2.56. The molecule has 1 aromatic rings. The van der Waals surface area contributed by atoms with Gasteiger partial charge in [0.25, 0.3) is 0 Å². The van der Waals surface area contributed by atoms with Crippen molar-refractivity contribution in [2.75, 3.05) is 0 Å². The van der Waals surface area contributed by atoms with Gasteiger partial charge in [-0.25, -0.2) is 9.97 Å². The third kappa shape index (κ3) is 0.877. The van der Waals surface area contributed by atoms with E-state index in [1.165, 1.54) is 11.3 Å². The van der Waals surface area contributed by atoms with Crippen molar-refractivity contribution >= 4 is 17.1 Å². The van der Waals surface area contributed by atoms with E-state index in [-0.39, 0.29) is 0 Å². The fourth-order valence-electron chi connectivity index (χ4n) is 2.38. The van der Waals surface area contributed by atoms with Crippen LogP contribution in [0.3, 0.4) is 0 Å². The van der Waals surface area contributed by atoms with E-state index in [1.807, 2.05) is 6.07 Å². The van der Waals surface area contributed by atoms with E-state index in [0.29, 0.717) is 0 Å². The first-order valence-electron chi connectivity index (χ1n) is 5.33. The van der Waals surface area contributed by atoms with E-state index in [9.17, 15) is 0 Å². The van der Waals surface area contributed by atoms with Gasteiger partial charge in [-0.15, -0.1) is 0 Å². The van der Waals surface area contributed by atoms with Crippen molar-refractivity contribution in [3.63, 3.8) is 0 Å². The smallest absolute Gasteiger partial charge is 0.160 e. The van der Waals surface area contributed by atoms with Crippen LogP contribution < -0.4 is 0 Å². The molecule has 0 unspecified atom stereocenters. The zero-order valence-corrected chi connectivity index (χ0v) is 8.59. The number of pyridine rings is 2. The highest BCUT2D eigenvalue weighted by atomic mass is 15.0. The predicted molar refractivity (Wildman–Crippen MR) is 63.2 cm³/mol. The Balaban J connectivity index is 2.26. The van der Waals surface area contributed by atoms with Crippen LogP contribution in [0, 0.1) is 0 Å². The lowest BCUT2D eigenvalue weighted by Gasteiger charge is -2.08. The van der Waals surface area contributed by atoms with Crippen LogP contribution in [-0.2, 0) is 6.54 Å². The Morgan fingerprint density at radius 3 is 3.25 bits per heavy atom. The molecule has 3 aliphatic rings. The molecule has 1 aromatic heterocycles. The third-order valence-corrected chi connectivity index (χ3v) is 3.09. The number of allylic oxidation sites excluding steroid dienone is 1. The first-order chi connectivity index (χ1) is 7.93. The van der Waals surface area contributed by atoms with Crippen LogP contribution in [0.15, 0.2) is 36.7 Å². The van der Waals surface area contributed by atoms with Crippen LogP contribution in [0.4, 0.5) is 0 Å². The number of rotatable bonds is 0. The molecule has 0 N–H and O–H groups in total. The lowest BCUT2D eigenvalue weighted by Crippen LogP contribution is -1.98. The zero-order chi connectivity index (χ0) is 10.5. The molecule has 16 heavy (non-hydrogen) atoms. The number of hydrogen-bond donors (Lipinski definition) is 0. The van der Waals surface area contributed by atoms with Gasteiger partial charge in [-0.1, -0.05) is 6.08 Å². The van der Waals surface area contributed by atoms with Crippen LogP contribution in [0.1, 0.15) is 5.69 Å². The summed E-state index contributed by atoms with van der Waals surface area (Å²) >= 11 is 0. The van der Waals surface area contributed by atoms with Crippen LogP contribution in [0.2, 0.25) is 0 Å². The summed E-state index contributed by atoms with van der Waals surface area (Å²) in [6.07, 6.45) is 8.21. The molecule has 0 saturated heterocycles. The second-order valence-electron chi connectivity index (χ2n) is 4.00. The molecule has 4 heterocycles. The van der Waals surface area contributed by atoms with E-state index < -0.39 is 0 Å². The molecular weight excluding hydrogens is 198 g/mol. The fourth-order valence-corrected chi connectivity index (χ4v) is 2.38. The average Bonchev–Trinajstić information content (AvgIpc) is 2.91. The first kappa shape index (κ1) is 8.05. The lowest BCUT2D eigenvalue weighted by molar-refractivity contribution is 0.831. The normalized spacial score (nSPS) is 13.8. The third-order valence-electron chi connectivity index (χ3n) is 3.09. The van der Waals surface area contributed by atoms with Gasteiger partial charge in [0.05, 0.1) is 11.4 Å². The number of aromatic nitrogens is 3. The average molecular weight is 207 g/mol. The minimum atomic E-state index is 0.840. The molecule has 0 fully saturated rings. The number of hydrogen-bond acceptors (Lipinski definition) is 2. The summed E-state index contributed by atoms with van der Waals surface area (Å²) in [5, 5.41) is 1.15. The van der Waals surface area contributed by atoms with Gasteiger partial charge in [-0.3, -0.25) is 0 Å². The van der Waals surface area contributed by atoms with Crippen LogP contribution >= 0.6 is 0 Å². The lowest BCUT2D eigenvalue weighted by atomic mass is 10.1. The highest BCUT2D eigenvalue weighted by Crippen LogP contribution is 2.35. The van der Waals surface area contributed by atoms with E-state index in [2.05, 4.69) is 45.0 Å². The quantitative estimate of drug-likeness (QED) is 0.567.